The molecule has 6 rings (SSSR count). The first kappa shape index (κ1) is 23.7. The highest BCUT2D eigenvalue weighted by molar-refractivity contribution is 7.29. The molecule has 4 heterocycles. The second kappa shape index (κ2) is 10.4. The number of fused-ring (bicyclic) bond motifs is 1. The van der Waals surface area contributed by atoms with Crippen LogP contribution in [0.1, 0.15) is 34.0 Å². The van der Waals surface area contributed by atoms with Gasteiger partial charge in [0.15, 0.2) is 5.13 Å². The van der Waals surface area contributed by atoms with Crippen molar-refractivity contribution in [3.05, 3.63) is 70.1 Å². The molecule has 186 valence electrons. The minimum absolute atomic E-state index is 0.0883. The standard InChI is InChI=1S/C27H27ClN4O2S2/c28-20-3-1-18(2-4-20)19-9-11-31(12-10-19)22-7-5-21(6-8-22)29-25(33)23-17-24-26(35-23)30-27(36-24)32-13-15-34-16-14-32/h1-8,17,19H,9-16H2,(H,29,33). The van der Waals surface area contributed by atoms with Gasteiger partial charge in [0, 0.05) is 42.6 Å². The number of thiophene rings is 1. The molecule has 0 radical (unpaired) electrons. The maximum absolute atomic E-state index is 12.9. The summed E-state index contributed by atoms with van der Waals surface area (Å²) in [7, 11) is 0. The number of nitrogens with zero attached hydrogens (tertiary/aromatic N) is 3. The minimum atomic E-state index is -0.0883. The Morgan fingerprint density at radius 1 is 0.944 bits per heavy atom. The molecule has 6 nitrogen and oxygen atoms in total. The summed E-state index contributed by atoms with van der Waals surface area (Å²) in [5.41, 5.74) is 3.37. The van der Waals surface area contributed by atoms with Gasteiger partial charge in [-0.3, -0.25) is 4.79 Å². The summed E-state index contributed by atoms with van der Waals surface area (Å²) in [4.78, 5) is 23.9. The van der Waals surface area contributed by atoms with Crippen LogP contribution in [0.15, 0.2) is 54.6 Å². The van der Waals surface area contributed by atoms with E-state index in [4.69, 9.17) is 21.3 Å². The molecule has 0 bridgehead atoms. The van der Waals surface area contributed by atoms with E-state index in [0.29, 0.717) is 10.8 Å². The van der Waals surface area contributed by atoms with Crippen molar-refractivity contribution in [2.24, 2.45) is 0 Å². The van der Waals surface area contributed by atoms with Crippen LogP contribution in [0.3, 0.4) is 0 Å². The number of anilines is 3. The number of hydrogen-bond acceptors (Lipinski definition) is 7. The van der Waals surface area contributed by atoms with Crippen LogP contribution in [0.2, 0.25) is 5.02 Å². The zero-order valence-corrected chi connectivity index (χ0v) is 22.2. The summed E-state index contributed by atoms with van der Waals surface area (Å²) in [5.74, 6) is 0.492. The highest BCUT2D eigenvalue weighted by atomic mass is 35.5. The molecule has 1 amide bonds. The van der Waals surface area contributed by atoms with Crippen LogP contribution in [-0.2, 0) is 4.74 Å². The van der Waals surface area contributed by atoms with E-state index in [1.54, 1.807) is 11.3 Å². The maximum Gasteiger partial charge on any atom is 0.265 e. The third kappa shape index (κ3) is 5.09. The maximum atomic E-state index is 12.9. The van der Waals surface area contributed by atoms with Gasteiger partial charge in [-0.25, -0.2) is 4.98 Å². The summed E-state index contributed by atoms with van der Waals surface area (Å²) < 4.78 is 6.49. The number of morpholine rings is 1. The first-order valence-electron chi connectivity index (χ1n) is 12.3. The number of carbonyl (C=O) groups is 1. The summed E-state index contributed by atoms with van der Waals surface area (Å²) in [6.07, 6.45) is 2.24. The molecule has 0 unspecified atom stereocenters. The van der Waals surface area contributed by atoms with Gasteiger partial charge in [0.2, 0.25) is 0 Å². The molecule has 2 aliphatic rings. The van der Waals surface area contributed by atoms with Crippen LogP contribution in [0.25, 0.3) is 9.53 Å². The zero-order valence-electron chi connectivity index (χ0n) is 19.8. The predicted octanol–water partition coefficient (Wildman–Crippen LogP) is 6.48. The number of benzene rings is 2. The van der Waals surface area contributed by atoms with E-state index in [1.807, 2.05) is 30.3 Å². The lowest BCUT2D eigenvalue weighted by Gasteiger charge is -2.34. The lowest BCUT2D eigenvalue weighted by Crippen LogP contribution is -2.36. The van der Waals surface area contributed by atoms with E-state index in [9.17, 15) is 4.79 Å². The molecule has 4 aromatic rings. The first-order chi connectivity index (χ1) is 17.6. The third-order valence-corrected chi connectivity index (χ3v) is 9.38. The van der Waals surface area contributed by atoms with Gasteiger partial charge in [0.25, 0.3) is 5.91 Å². The summed E-state index contributed by atoms with van der Waals surface area (Å²) >= 11 is 9.13. The summed E-state index contributed by atoms with van der Waals surface area (Å²) in [6.45, 7) is 5.24. The SMILES string of the molecule is O=C(Nc1ccc(N2CCC(c3ccc(Cl)cc3)CC2)cc1)c1cc2sc(N3CCOCC3)nc2s1. The molecule has 2 aromatic heterocycles. The Kier molecular flexibility index (Phi) is 6.84. The fraction of sp³-hybridized carbons (Fsp3) is 0.333. The molecular weight excluding hydrogens is 512 g/mol. The Morgan fingerprint density at radius 2 is 1.67 bits per heavy atom. The van der Waals surface area contributed by atoms with E-state index in [-0.39, 0.29) is 5.91 Å². The fourth-order valence-electron chi connectivity index (χ4n) is 4.88. The van der Waals surface area contributed by atoms with Gasteiger partial charge < -0.3 is 19.9 Å². The Bertz CT molecular complexity index is 1310. The molecule has 2 fully saturated rings. The number of thiazole rings is 1. The van der Waals surface area contributed by atoms with E-state index in [0.717, 1.165) is 77.6 Å². The van der Waals surface area contributed by atoms with Crippen molar-refractivity contribution in [1.29, 1.82) is 0 Å². The molecule has 36 heavy (non-hydrogen) atoms. The number of hydrogen-bond donors (Lipinski definition) is 1. The van der Waals surface area contributed by atoms with Gasteiger partial charge >= 0.3 is 0 Å². The number of carbonyl (C=O) groups excluding carboxylic acids is 1. The van der Waals surface area contributed by atoms with Crippen molar-refractivity contribution < 1.29 is 9.53 Å². The second-order valence-electron chi connectivity index (χ2n) is 9.19. The number of piperidine rings is 1. The van der Waals surface area contributed by atoms with Crippen molar-refractivity contribution >= 4 is 66.2 Å². The summed E-state index contributed by atoms with van der Waals surface area (Å²) in [5, 5.41) is 4.84. The van der Waals surface area contributed by atoms with Gasteiger partial charge in [0.1, 0.15) is 4.83 Å². The molecule has 0 spiro atoms. The molecule has 1 N–H and O–H groups in total. The van der Waals surface area contributed by atoms with Crippen LogP contribution in [0.5, 0.6) is 0 Å². The van der Waals surface area contributed by atoms with Crippen LogP contribution < -0.4 is 15.1 Å². The molecule has 0 aliphatic carbocycles. The van der Waals surface area contributed by atoms with Crippen LogP contribution in [0, 0.1) is 0 Å². The van der Waals surface area contributed by atoms with Crippen molar-refractivity contribution in [2.45, 2.75) is 18.8 Å². The minimum Gasteiger partial charge on any atom is -0.378 e. The third-order valence-electron chi connectivity index (χ3n) is 6.91. The van der Waals surface area contributed by atoms with Gasteiger partial charge in [-0.05, 0) is 66.8 Å². The van der Waals surface area contributed by atoms with Crippen molar-refractivity contribution in [1.82, 2.24) is 4.98 Å². The molecule has 2 saturated heterocycles. The van der Waals surface area contributed by atoms with Gasteiger partial charge in [-0.15, -0.1) is 11.3 Å². The van der Waals surface area contributed by atoms with Crippen LogP contribution in [0.4, 0.5) is 16.5 Å². The Hall–Kier alpha value is -2.65. The van der Waals surface area contributed by atoms with Crippen molar-refractivity contribution in [2.75, 3.05) is 54.5 Å². The zero-order chi connectivity index (χ0) is 24.5. The number of ether oxygens (including phenoxy) is 1. The number of rotatable bonds is 5. The Morgan fingerprint density at radius 3 is 2.36 bits per heavy atom. The number of halogens is 1. The first-order valence-corrected chi connectivity index (χ1v) is 14.3. The fourth-order valence-corrected chi connectivity index (χ4v) is 7.16. The van der Waals surface area contributed by atoms with Gasteiger partial charge in [0.05, 0.1) is 22.8 Å². The predicted molar refractivity (Wildman–Crippen MR) is 151 cm³/mol. The number of amides is 1. The van der Waals surface area contributed by atoms with E-state index >= 15 is 0 Å². The Balaban J connectivity index is 1.05. The smallest absolute Gasteiger partial charge is 0.265 e. The van der Waals surface area contributed by atoms with Crippen LogP contribution >= 0.6 is 34.3 Å². The highest BCUT2D eigenvalue weighted by Crippen LogP contribution is 2.35. The van der Waals surface area contributed by atoms with E-state index < -0.39 is 0 Å². The molecule has 2 aliphatic heterocycles. The lowest BCUT2D eigenvalue weighted by molar-refractivity contribution is 0.103. The molecular formula is C27H27ClN4O2S2. The topological polar surface area (TPSA) is 57.7 Å². The van der Waals surface area contributed by atoms with Crippen LogP contribution in [-0.4, -0.2) is 50.3 Å². The van der Waals surface area contributed by atoms with Gasteiger partial charge in [-0.2, -0.15) is 0 Å². The summed E-state index contributed by atoms with van der Waals surface area (Å²) in [6, 6.07) is 18.4. The second-order valence-corrected chi connectivity index (χ2v) is 11.7. The van der Waals surface area contributed by atoms with Gasteiger partial charge in [-0.1, -0.05) is 35.1 Å². The van der Waals surface area contributed by atoms with Crippen molar-refractivity contribution in [3.8, 4) is 0 Å². The largest absolute Gasteiger partial charge is 0.378 e. The monoisotopic (exact) mass is 538 g/mol. The van der Waals surface area contributed by atoms with E-state index in [2.05, 4.69) is 39.4 Å². The molecule has 2 aromatic carbocycles. The number of aromatic nitrogens is 1. The molecule has 0 saturated carbocycles. The molecule has 9 heteroatoms. The normalized spacial score (nSPS) is 17.0. The molecule has 0 atom stereocenters. The quantitative estimate of drug-likeness (QED) is 0.315. The Labute approximate surface area is 223 Å². The number of nitrogens with one attached hydrogen (secondary N) is 1. The lowest BCUT2D eigenvalue weighted by atomic mass is 9.89. The van der Waals surface area contributed by atoms with E-state index in [1.165, 1.54) is 22.6 Å². The average molecular weight is 539 g/mol. The van der Waals surface area contributed by atoms with Crippen molar-refractivity contribution in [3.63, 3.8) is 0 Å². The highest BCUT2D eigenvalue weighted by Gasteiger charge is 2.22. The average Bonchev–Trinajstić information content (AvgIpc) is 3.50.